The number of anilines is 1. The van der Waals surface area contributed by atoms with Gasteiger partial charge in [0, 0.05) is 10.9 Å². The number of amides is 2. The molecule has 0 spiro atoms. The number of halogens is 1. The van der Waals surface area contributed by atoms with Gasteiger partial charge >= 0.3 is 0 Å². The zero-order valence-electron chi connectivity index (χ0n) is 14.4. The van der Waals surface area contributed by atoms with Crippen LogP contribution in [0.5, 0.6) is 17.2 Å². The van der Waals surface area contributed by atoms with Crippen LogP contribution in [0.2, 0.25) is 0 Å². The minimum Gasteiger partial charge on any atom is -0.493 e. The number of carbonyl (C=O) groups excluding carboxylic acids is 2. The molecule has 0 bridgehead atoms. The van der Waals surface area contributed by atoms with Crippen LogP contribution in [0.4, 0.5) is 5.13 Å². The summed E-state index contributed by atoms with van der Waals surface area (Å²) >= 11 is 6.92. The predicted octanol–water partition coefficient (Wildman–Crippen LogP) is 2.28. The molecule has 0 saturated heterocycles. The van der Waals surface area contributed by atoms with Gasteiger partial charge in [0.05, 0.1) is 39.4 Å². The molecule has 0 aliphatic carbocycles. The molecule has 0 aliphatic rings. The molecule has 0 fully saturated rings. The molecule has 2 amide bonds. The summed E-state index contributed by atoms with van der Waals surface area (Å²) in [5, 5.41) is 7.29. The molecule has 1 aromatic carbocycles. The standard InChI is InChI=1S/C16H18ClN3O5S/c1-23-11-4-9(5-12(24-2)14(11)25-3)15(22)18-7-13(21)20-16-19-10(6-17)8-26-16/h4-5,8H,6-7H2,1-3H3,(H,18,22)(H,19,20,21). The Bertz CT molecular complexity index is 771. The van der Waals surface area contributed by atoms with E-state index < -0.39 is 11.8 Å². The summed E-state index contributed by atoms with van der Waals surface area (Å²) in [4.78, 5) is 28.4. The number of aromatic nitrogens is 1. The Labute approximate surface area is 159 Å². The molecule has 0 unspecified atom stereocenters. The van der Waals surface area contributed by atoms with Crippen molar-refractivity contribution in [2.75, 3.05) is 33.2 Å². The minimum atomic E-state index is -0.458. The molecule has 0 radical (unpaired) electrons. The zero-order valence-corrected chi connectivity index (χ0v) is 16.0. The lowest BCUT2D eigenvalue weighted by molar-refractivity contribution is -0.115. The van der Waals surface area contributed by atoms with Gasteiger partial charge in [0.2, 0.25) is 11.7 Å². The van der Waals surface area contributed by atoms with Crippen LogP contribution in [-0.4, -0.2) is 44.7 Å². The SMILES string of the molecule is COc1cc(C(=O)NCC(=O)Nc2nc(CCl)cs2)cc(OC)c1OC. The smallest absolute Gasteiger partial charge is 0.251 e. The molecule has 140 valence electrons. The molecule has 0 aliphatic heterocycles. The summed E-state index contributed by atoms with van der Waals surface area (Å²) < 4.78 is 15.6. The first-order valence-electron chi connectivity index (χ1n) is 7.40. The van der Waals surface area contributed by atoms with Gasteiger partial charge in [-0.05, 0) is 12.1 Å². The van der Waals surface area contributed by atoms with Gasteiger partial charge in [0.1, 0.15) is 0 Å². The van der Waals surface area contributed by atoms with Crippen molar-refractivity contribution >= 4 is 39.9 Å². The zero-order chi connectivity index (χ0) is 19.1. The number of hydrogen-bond donors (Lipinski definition) is 2. The second kappa shape index (κ2) is 9.25. The summed E-state index contributed by atoms with van der Waals surface area (Å²) in [7, 11) is 4.38. The van der Waals surface area contributed by atoms with Gasteiger partial charge in [-0.15, -0.1) is 22.9 Å². The van der Waals surface area contributed by atoms with Crippen LogP contribution in [0, 0.1) is 0 Å². The van der Waals surface area contributed by atoms with E-state index in [-0.39, 0.29) is 18.0 Å². The van der Waals surface area contributed by atoms with Crippen molar-refractivity contribution in [2.24, 2.45) is 0 Å². The summed E-state index contributed by atoms with van der Waals surface area (Å²) in [6.45, 7) is -0.217. The average molecular weight is 400 g/mol. The molecule has 0 saturated carbocycles. The second-order valence-electron chi connectivity index (χ2n) is 4.92. The van der Waals surface area contributed by atoms with E-state index in [1.54, 1.807) is 5.38 Å². The molecule has 1 heterocycles. The van der Waals surface area contributed by atoms with Crippen LogP contribution in [0.3, 0.4) is 0 Å². The first kappa shape index (κ1) is 19.8. The maximum Gasteiger partial charge on any atom is 0.251 e. The van der Waals surface area contributed by atoms with Crippen molar-refractivity contribution in [3.63, 3.8) is 0 Å². The van der Waals surface area contributed by atoms with E-state index in [0.717, 1.165) is 0 Å². The third-order valence-corrected chi connectivity index (χ3v) is 4.35. The van der Waals surface area contributed by atoms with Crippen LogP contribution in [0.25, 0.3) is 0 Å². The Balaban J connectivity index is 2.01. The van der Waals surface area contributed by atoms with Crippen molar-refractivity contribution in [1.82, 2.24) is 10.3 Å². The Kier molecular flexibility index (Phi) is 7.05. The maximum absolute atomic E-state index is 12.3. The predicted molar refractivity (Wildman–Crippen MR) is 98.7 cm³/mol. The summed E-state index contributed by atoms with van der Waals surface area (Å²) in [6.07, 6.45) is 0. The molecule has 26 heavy (non-hydrogen) atoms. The Morgan fingerprint density at radius 2 is 1.81 bits per heavy atom. The fraction of sp³-hybridized carbons (Fsp3) is 0.312. The number of alkyl halides is 1. The van der Waals surface area contributed by atoms with E-state index in [9.17, 15) is 9.59 Å². The van der Waals surface area contributed by atoms with Crippen LogP contribution >= 0.6 is 22.9 Å². The van der Waals surface area contributed by atoms with Crippen molar-refractivity contribution < 1.29 is 23.8 Å². The van der Waals surface area contributed by atoms with Gasteiger partial charge in [0.15, 0.2) is 16.6 Å². The highest BCUT2D eigenvalue weighted by atomic mass is 35.5. The van der Waals surface area contributed by atoms with E-state index >= 15 is 0 Å². The molecular weight excluding hydrogens is 382 g/mol. The molecule has 0 atom stereocenters. The monoisotopic (exact) mass is 399 g/mol. The lowest BCUT2D eigenvalue weighted by atomic mass is 10.1. The van der Waals surface area contributed by atoms with Crippen LogP contribution in [0.15, 0.2) is 17.5 Å². The summed E-state index contributed by atoms with van der Waals surface area (Å²) in [6, 6.07) is 3.00. The molecule has 2 N–H and O–H groups in total. The maximum atomic E-state index is 12.3. The first-order valence-corrected chi connectivity index (χ1v) is 8.82. The quantitative estimate of drug-likeness (QED) is 0.661. The number of hydrogen-bond acceptors (Lipinski definition) is 7. The first-order chi connectivity index (χ1) is 12.5. The third-order valence-electron chi connectivity index (χ3n) is 3.27. The van der Waals surface area contributed by atoms with E-state index in [1.165, 1.54) is 44.8 Å². The number of nitrogens with zero attached hydrogens (tertiary/aromatic N) is 1. The van der Waals surface area contributed by atoms with E-state index in [4.69, 9.17) is 25.8 Å². The van der Waals surface area contributed by atoms with Gasteiger partial charge in [0.25, 0.3) is 5.91 Å². The molecular formula is C16H18ClN3O5S. The lowest BCUT2D eigenvalue weighted by Gasteiger charge is -2.14. The summed E-state index contributed by atoms with van der Waals surface area (Å²) in [5.41, 5.74) is 0.944. The summed E-state index contributed by atoms with van der Waals surface area (Å²) in [5.74, 6) is 0.477. The normalized spacial score (nSPS) is 10.2. The second-order valence-corrected chi connectivity index (χ2v) is 6.05. The van der Waals surface area contributed by atoms with Crippen LogP contribution < -0.4 is 24.8 Å². The Morgan fingerprint density at radius 1 is 1.15 bits per heavy atom. The third kappa shape index (κ3) is 4.77. The highest BCUT2D eigenvalue weighted by molar-refractivity contribution is 7.14. The number of methoxy groups -OCH3 is 3. The number of rotatable bonds is 8. The van der Waals surface area contributed by atoms with Crippen molar-refractivity contribution in [1.29, 1.82) is 0 Å². The van der Waals surface area contributed by atoms with E-state index in [1.807, 2.05) is 0 Å². The minimum absolute atomic E-state index is 0.217. The molecule has 10 heteroatoms. The molecule has 8 nitrogen and oxygen atoms in total. The number of ether oxygens (including phenoxy) is 3. The Morgan fingerprint density at radius 3 is 2.31 bits per heavy atom. The molecule has 2 rings (SSSR count). The number of benzene rings is 1. The van der Waals surface area contributed by atoms with Crippen molar-refractivity contribution in [2.45, 2.75) is 5.88 Å². The van der Waals surface area contributed by atoms with Gasteiger partial charge in [-0.25, -0.2) is 4.98 Å². The van der Waals surface area contributed by atoms with E-state index in [0.29, 0.717) is 28.1 Å². The fourth-order valence-electron chi connectivity index (χ4n) is 2.06. The molecule has 2 aromatic rings. The van der Waals surface area contributed by atoms with Gasteiger partial charge in [-0.3, -0.25) is 9.59 Å². The number of thiazole rings is 1. The topological polar surface area (TPSA) is 98.8 Å². The highest BCUT2D eigenvalue weighted by Gasteiger charge is 2.17. The fourth-order valence-corrected chi connectivity index (χ4v) is 3.02. The molecule has 1 aromatic heterocycles. The van der Waals surface area contributed by atoms with Crippen molar-refractivity contribution in [3.05, 3.63) is 28.8 Å². The van der Waals surface area contributed by atoms with Crippen LogP contribution in [-0.2, 0) is 10.7 Å². The number of nitrogens with one attached hydrogen (secondary N) is 2. The largest absolute Gasteiger partial charge is 0.493 e. The number of carbonyl (C=O) groups is 2. The average Bonchev–Trinajstić information content (AvgIpc) is 3.12. The van der Waals surface area contributed by atoms with Gasteiger partial charge in [-0.2, -0.15) is 0 Å². The van der Waals surface area contributed by atoms with Gasteiger partial charge < -0.3 is 24.8 Å². The lowest BCUT2D eigenvalue weighted by Crippen LogP contribution is -2.32. The highest BCUT2D eigenvalue weighted by Crippen LogP contribution is 2.38. The van der Waals surface area contributed by atoms with E-state index in [2.05, 4.69) is 15.6 Å². The Hall–Kier alpha value is -2.52. The van der Waals surface area contributed by atoms with Crippen LogP contribution in [0.1, 0.15) is 16.1 Å². The van der Waals surface area contributed by atoms with Crippen molar-refractivity contribution in [3.8, 4) is 17.2 Å². The van der Waals surface area contributed by atoms with Gasteiger partial charge in [-0.1, -0.05) is 0 Å².